The second-order valence-corrected chi connectivity index (χ2v) is 3.47. The van der Waals surface area contributed by atoms with Crippen LogP contribution in [-0.2, 0) is 14.3 Å². The maximum absolute atomic E-state index is 11.8. The van der Waals surface area contributed by atoms with Crippen LogP contribution in [0.4, 0.5) is 4.79 Å². The number of hydrogen-bond donors (Lipinski definition) is 2. The zero-order valence-electron chi connectivity index (χ0n) is 10.1. The first-order valence-electron chi connectivity index (χ1n) is 5.29. The number of carbonyl (C=O) groups is 3. The Balaban J connectivity index is 2.88. The number of hydrogen-bond acceptors (Lipinski definition) is 4. The van der Waals surface area contributed by atoms with Gasteiger partial charge in [0, 0.05) is 19.5 Å². The van der Waals surface area contributed by atoms with Crippen LogP contribution < -0.4 is 10.6 Å². The average Bonchev–Trinajstić information content (AvgIpc) is 2.36. The maximum Gasteiger partial charge on any atom is 0.321 e. The van der Waals surface area contributed by atoms with E-state index in [0.717, 1.165) is 0 Å². The highest BCUT2D eigenvalue weighted by Crippen LogP contribution is 2.17. The van der Waals surface area contributed by atoms with Crippen molar-refractivity contribution in [3.63, 3.8) is 0 Å². The van der Waals surface area contributed by atoms with Crippen molar-refractivity contribution in [2.45, 2.75) is 13.0 Å². The topological polar surface area (TPSA) is 84.5 Å². The van der Waals surface area contributed by atoms with E-state index < -0.39 is 24.0 Å². The molecule has 1 rings (SSSR count). The molecule has 6 heteroatoms. The molecule has 0 fully saturated rings. The van der Waals surface area contributed by atoms with Crippen LogP contribution in [0.15, 0.2) is 30.3 Å². The molecule has 0 bridgehead atoms. The van der Waals surface area contributed by atoms with Crippen LogP contribution in [0.3, 0.4) is 0 Å². The van der Waals surface area contributed by atoms with Crippen molar-refractivity contribution in [3.05, 3.63) is 35.9 Å². The van der Waals surface area contributed by atoms with Gasteiger partial charge in [0.25, 0.3) is 5.91 Å². The predicted octanol–water partition coefficient (Wildman–Crippen LogP) is 0.746. The van der Waals surface area contributed by atoms with Crippen LogP contribution in [0, 0.1) is 0 Å². The fourth-order valence-electron chi connectivity index (χ4n) is 1.31. The highest BCUT2D eigenvalue weighted by Gasteiger charge is 2.24. The van der Waals surface area contributed by atoms with Gasteiger partial charge in [-0.25, -0.2) is 4.79 Å². The minimum absolute atomic E-state index is 0.495. The van der Waals surface area contributed by atoms with Crippen molar-refractivity contribution >= 4 is 17.9 Å². The highest BCUT2D eigenvalue weighted by atomic mass is 16.5. The number of rotatable bonds is 3. The lowest BCUT2D eigenvalue weighted by Gasteiger charge is -2.16. The van der Waals surface area contributed by atoms with Crippen LogP contribution in [-0.4, -0.2) is 25.0 Å². The van der Waals surface area contributed by atoms with E-state index in [1.807, 2.05) is 0 Å². The first kappa shape index (κ1) is 13.7. The molecule has 1 aromatic carbocycles. The van der Waals surface area contributed by atoms with Gasteiger partial charge in [-0.1, -0.05) is 30.3 Å². The summed E-state index contributed by atoms with van der Waals surface area (Å²) in [4.78, 5) is 33.8. The molecule has 6 nitrogen and oxygen atoms in total. The summed E-state index contributed by atoms with van der Waals surface area (Å²) >= 11 is 0. The van der Waals surface area contributed by atoms with E-state index in [9.17, 15) is 14.4 Å². The van der Waals surface area contributed by atoms with Crippen LogP contribution in [0.5, 0.6) is 0 Å². The molecule has 18 heavy (non-hydrogen) atoms. The number of urea groups is 1. The Bertz CT molecular complexity index is 445. The van der Waals surface area contributed by atoms with Crippen molar-refractivity contribution in [2.24, 2.45) is 0 Å². The molecule has 0 aliphatic heterocycles. The summed E-state index contributed by atoms with van der Waals surface area (Å²) in [7, 11) is 1.38. The van der Waals surface area contributed by atoms with Gasteiger partial charge in [0.05, 0.1) is 0 Å². The second kappa shape index (κ2) is 6.39. The molecular formula is C12H14N2O4. The van der Waals surface area contributed by atoms with Crippen LogP contribution in [0.1, 0.15) is 18.6 Å². The lowest BCUT2D eigenvalue weighted by molar-refractivity contribution is -0.154. The Morgan fingerprint density at radius 2 is 1.78 bits per heavy atom. The molecule has 3 amide bonds. The fourth-order valence-corrected chi connectivity index (χ4v) is 1.31. The van der Waals surface area contributed by atoms with E-state index in [4.69, 9.17) is 4.74 Å². The molecule has 2 N–H and O–H groups in total. The number of amides is 3. The Labute approximate surface area is 104 Å². The van der Waals surface area contributed by atoms with E-state index in [2.05, 4.69) is 10.6 Å². The van der Waals surface area contributed by atoms with Gasteiger partial charge in [0.1, 0.15) is 0 Å². The molecule has 0 aliphatic carbocycles. The summed E-state index contributed by atoms with van der Waals surface area (Å²) in [6.45, 7) is 1.20. The first-order valence-corrected chi connectivity index (χ1v) is 5.29. The highest BCUT2D eigenvalue weighted by molar-refractivity contribution is 5.97. The lowest BCUT2D eigenvalue weighted by atomic mass is 10.1. The minimum atomic E-state index is -1.14. The van der Waals surface area contributed by atoms with Crippen LogP contribution >= 0.6 is 0 Å². The van der Waals surface area contributed by atoms with Crippen molar-refractivity contribution in [2.75, 3.05) is 7.05 Å². The van der Waals surface area contributed by atoms with Gasteiger partial charge < -0.3 is 10.1 Å². The molecule has 96 valence electrons. The third-order valence-corrected chi connectivity index (χ3v) is 2.09. The summed E-state index contributed by atoms with van der Waals surface area (Å²) in [6, 6.07) is 7.80. The van der Waals surface area contributed by atoms with Crippen molar-refractivity contribution < 1.29 is 19.1 Å². The zero-order chi connectivity index (χ0) is 13.5. The number of benzene rings is 1. The Morgan fingerprint density at radius 3 is 2.28 bits per heavy atom. The van der Waals surface area contributed by atoms with Gasteiger partial charge in [-0.05, 0) is 0 Å². The minimum Gasteiger partial charge on any atom is -0.447 e. The standard InChI is InChI=1S/C12H14N2O4/c1-8(15)18-10(9-6-4-3-5-7-9)11(16)14-12(17)13-2/h3-7,10H,1-2H3,(H2,13,14,16,17)/t10-/m1/s1. The monoisotopic (exact) mass is 250 g/mol. The van der Waals surface area contributed by atoms with Gasteiger partial charge in [0.15, 0.2) is 0 Å². The van der Waals surface area contributed by atoms with Crippen LogP contribution in [0.25, 0.3) is 0 Å². The van der Waals surface area contributed by atoms with Crippen molar-refractivity contribution in [1.82, 2.24) is 10.6 Å². The van der Waals surface area contributed by atoms with E-state index in [0.29, 0.717) is 5.56 Å². The van der Waals surface area contributed by atoms with Crippen LogP contribution in [0.2, 0.25) is 0 Å². The van der Waals surface area contributed by atoms with E-state index >= 15 is 0 Å². The van der Waals surface area contributed by atoms with Gasteiger partial charge in [-0.15, -0.1) is 0 Å². The Hall–Kier alpha value is -2.37. The zero-order valence-corrected chi connectivity index (χ0v) is 10.1. The molecule has 0 aliphatic rings. The summed E-state index contributed by atoms with van der Waals surface area (Å²) < 4.78 is 4.91. The molecule has 0 saturated carbocycles. The summed E-state index contributed by atoms with van der Waals surface area (Å²) in [5, 5.41) is 4.31. The molecule has 0 heterocycles. The SMILES string of the molecule is CNC(=O)NC(=O)[C@H](OC(C)=O)c1ccccc1. The smallest absolute Gasteiger partial charge is 0.321 e. The van der Waals surface area contributed by atoms with E-state index in [-0.39, 0.29) is 0 Å². The molecule has 0 unspecified atom stereocenters. The first-order chi connectivity index (χ1) is 8.54. The lowest BCUT2D eigenvalue weighted by Crippen LogP contribution is -2.41. The number of nitrogens with one attached hydrogen (secondary N) is 2. The normalized spacial score (nSPS) is 11.2. The maximum atomic E-state index is 11.8. The number of carbonyl (C=O) groups excluding carboxylic acids is 3. The quantitative estimate of drug-likeness (QED) is 0.775. The molecule has 1 atom stereocenters. The van der Waals surface area contributed by atoms with Crippen molar-refractivity contribution in [3.8, 4) is 0 Å². The summed E-state index contributed by atoms with van der Waals surface area (Å²) in [5.74, 6) is -1.30. The van der Waals surface area contributed by atoms with Gasteiger partial charge in [0.2, 0.25) is 6.10 Å². The predicted molar refractivity (Wildman–Crippen MR) is 63.5 cm³/mol. The third-order valence-electron chi connectivity index (χ3n) is 2.09. The van der Waals surface area contributed by atoms with Crippen molar-refractivity contribution in [1.29, 1.82) is 0 Å². The Kier molecular flexibility index (Phi) is 4.86. The second-order valence-electron chi connectivity index (χ2n) is 3.47. The molecule has 0 aromatic heterocycles. The van der Waals surface area contributed by atoms with Gasteiger partial charge in [-0.3, -0.25) is 14.9 Å². The fraction of sp³-hybridized carbons (Fsp3) is 0.250. The van der Waals surface area contributed by atoms with E-state index in [1.54, 1.807) is 30.3 Å². The molecule has 0 spiro atoms. The van der Waals surface area contributed by atoms with Gasteiger partial charge in [-0.2, -0.15) is 0 Å². The molecule has 0 saturated heterocycles. The largest absolute Gasteiger partial charge is 0.447 e. The number of esters is 1. The Morgan fingerprint density at radius 1 is 1.17 bits per heavy atom. The molecule has 1 aromatic rings. The number of imide groups is 1. The molecular weight excluding hydrogens is 236 g/mol. The third kappa shape index (κ3) is 3.89. The van der Waals surface area contributed by atoms with Gasteiger partial charge >= 0.3 is 12.0 Å². The summed E-state index contributed by atoms with van der Waals surface area (Å²) in [6.07, 6.45) is -1.14. The van der Waals surface area contributed by atoms with E-state index in [1.165, 1.54) is 14.0 Å². The average molecular weight is 250 g/mol. The summed E-state index contributed by atoms with van der Waals surface area (Å²) in [5.41, 5.74) is 0.495. The number of ether oxygens (including phenoxy) is 1. The molecule has 0 radical (unpaired) electrons.